The highest BCUT2D eigenvalue weighted by Crippen LogP contribution is 2.35. The molecule has 0 radical (unpaired) electrons. The molecule has 0 N–H and O–H groups in total. The number of hydrogen-bond donors (Lipinski definition) is 0. The number of carbonyl (C=O) groups excluding carboxylic acids is 1. The van der Waals surface area contributed by atoms with E-state index in [2.05, 4.69) is 52.6 Å². The lowest BCUT2D eigenvalue weighted by molar-refractivity contribution is 0.0608. The predicted octanol–water partition coefficient (Wildman–Crippen LogP) is 5.11. The second-order valence-electron chi connectivity index (χ2n) is 6.56. The number of benzene rings is 1. The molecular formula is C16H21Br2NO. The zero-order valence-electron chi connectivity index (χ0n) is 12.2. The lowest BCUT2D eigenvalue weighted by Gasteiger charge is -2.38. The van der Waals surface area contributed by atoms with Crippen LogP contribution in [0.5, 0.6) is 0 Å². The fraction of sp³-hybridized carbons (Fsp3) is 0.562. The van der Waals surface area contributed by atoms with Crippen LogP contribution in [0.15, 0.2) is 27.1 Å². The van der Waals surface area contributed by atoms with E-state index in [9.17, 15) is 4.79 Å². The molecule has 2 nitrogen and oxygen atoms in total. The van der Waals surface area contributed by atoms with Crippen LogP contribution in [0.2, 0.25) is 0 Å². The number of piperidine rings is 1. The molecule has 1 aromatic carbocycles. The molecule has 20 heavy (non-hydrogen) atoms. The average molecular weight is 403 g/mol. The van der Waals surface area contributed by atoms with Crippen LogP contribution in [-0.2, 0) is 0 Å². The summed E-state index contributed by atoms with van der Waals surface area (Å²) in [4.78, 5) is 14.6. The Hall–Kier alpha value is -0.350. The lowest BCUT2D eigenvalue weighted by atomic mass is 9.75. The van der Waals surface area contributed by atoms with E-state index in [1.54, 1.807) is 0 Å². The summed E-state index contributed by atoms with van der Waals surface area (Å²) in [5, 5.41) is 0. The fourth-order valence-corrected chi connectivity index (χ4v) is 3.56. The number of hydrogen-bond acceptors (Lipinski definition) is 1. The molecule has 1 aliphatic rings. The van der Waals surface area contributed by atoms with Crippen molar-refractivity contribution in [3.05, 3.63) is 32.7 Å². The molecule has 1 aliphatic heterocycles. The molecule has 0 aromatic heterocycles. The number of rotatable bonds is 1. The average Bonchev–Trinajstić information content (AvgIpc) is 2.40. The molecule has 1 saturated heterocycles. The van der Waals surface area contributed by atoms with Crippen LogP contribution in [-0.4, -0.2) is 23.9 Å². The van der Waals surface area contributed by atoms with Crippen molar-refractivity contribution in [2.24, 2.45) is 11.3 Å². The molecule has 0 saturated carbocycles. The number of halogens is 2. The lowest BCUT2D eigenvalue weighted by Crippen LogP contribution is -2.41. The third-order valence-electron chi connectivity index (χ3n) is 4.17. The second-order valence-corrected chi connectivity index (χ2v) is 8.33. The highest BCUT2D eigenvalue weighted by atomic mass is 79.9. The molecule has 2 rings (SSSR count). The minimum atomic E-state index is 0.130. The quantitative estimate of drug-likeness (QED) is 0.639. The molecular weight excluding hydrogens is 382 g/mol. The minimum Gasteiger partial charge on any atom is -0.339 e. The van der Waals surface area contributed by atoms with Gasteiger partial charge in [-0.05, 0) is 58.3 Å². The maximum absolute atomic E-state index is 12.6. The Morgan fingerprint density at radius 3 is 2.35 bits per heavy atom. The summed E-state index contributed by atoms with van der Waals surface area (Å²) in [7, 11) is 0. The van der Waals surface area contributed by atoms with Gasteiger partial charge in [-0.15, -0.1) is 0 Å². The first kappa shape index (κ1) is 16.0. The molecule has 0 atom stereocenters. The number of likely N-dealkylation sites (tertiary alicyclic amines) is 1. The first-order valence-electron chi connectivity index (χ1n) is 7.03. The zero-order valence-corrected chi connectivity index (χ0v) is 15.4. The smallest absolute Gasteiger partial charge is 0.255 e. The molecule has 0 unspecified atom stereocenters. The van der Waals surface area contributed by atoms with Crippen LogP contribution in [0, 0.1) is 11.3 Å². The van der Waals surface area contributed by atoms with Crippen molar-refractivity contribution in [1.29, 1.82) is 0 Å². The van der Waals surface area contributed by atoms with Crippen molar-refractivity contribution in [2.45, 2.75) is 33.6 Å². The molecule has 0 spiro atoms. The summed E-state index contributed by atoms with van der Waals surface area (Å²) in [6.45, 7) is 8.60. The monoisotopic (exact) mass is 401 g/mol. The van der Waals surface area contributed by atoms with Gasteiger partial charge in [-0.25, -0.2) is 0 Å². The topological polar surface area (TPSA) is 20.3 Å². The fourth-order valence-electron chi connectivity index (χ4n) is 2.78. The Morgan fingerprint density at radius 1 is 1.20 bits per heavy atom. The Labute approximate surface area is 138 Å². The standard InChI is InChI=1S/C16H21Br2NO/c1-16(2,3)11-6-8-19(9-7-11)15(20)13-10-12(17)4-5-14(13)18/h4-5,10-11H,6-9H2,1-3H3. The van der Waals surface area contributed by atoms with Crippen molar-refractivity contribution < 1.29 is 4.79 Å². The Kier molecular flexibility index (Phi) is 4.96. The van der Waals surface area contributed by atoms with Gasteiger partial charge in [0, 0.05) is 22.0 Å². The van der Waals surface area contributed by atoms with Crippen LogP contribution in [0.25, 0.3) is 0 Å². The van der Waals surface area contributed by atoms with E-state index in [0.717, 1.165) is 40.4 Å². The van der Waals surface area contributed by atoms with Crippen molar-refractivity contribution >= 4 is 37.8 Å². The molecule has 1 amide bonds. The maximum Gasteiger partial charge on any atom is 0.255 e. The van der Waals surface area contributed by atoms with Crippen molar-refractivity contribution in [1.82, 2.24) is 4.90 Å². The molecule has 1 aromatic rings. The summed E-state index contributed by atoms with van der Waals surface area (Å²) < 4.78 is 1.80. The van der Waals surface area contributed by atoms with Gasteiger partial charge in [0.15, 0.2) is 0 Å². The summed E-state index contributed by atoms with van der Waals surface area (Å²) in [6.07, 6.45) is 2.20. The predicted molar refractivity (Wildman–Crippen MR) is 89.9 cm³/mol. The van der Waals surface area contributed by atoms with Gasteiger partial charge in [0.2, 0.25) is 0 Å². The number of carbonyl (C=O) groups is 1. The van der Waals surface area contributed by atoms with Crippen LogP contribution in [0.1, 0.15) is 44.0 Å². The summed E-state index contributed by atoms with van der Waals surface area (Å²) >= 11 is 6.91. The third-order valence-corrected chi connectivity index (χ3v) is 5.35. The molecule has 0 aliphatic carbocycles. The second kappa shape index (κ2) is 6.18. The Morgan fingerprint density at radius 2 is 1.80 bits per heavy atom. The van der Waals surface area contributed by atoms with Gasteiger partial charge in [-0.1, -0.05) is 36.7 Å². The van der Waals surface area contributed by atoms with Gasteiger partial charge in [0.05, 0.1) is 5.56 Å². The molecule has 1 fully saturated rings. The van der Waals surface area contributed by atoms with E-state index in [0.29, 0.717) is 11.3 Å². The van der Waals surface area contributed by atoms with Gasteiger partial charge in [0.25, 0.3) is 5.91 Å². The van der Waals surface area contributed by atoms with Crippen molar-refractivity contribution in [2.75, 3.05) is 13.1 Å². The van der Waals surface area contributed by atoms with Gasteiger partial charge >= 0.3 is 0 Å². The molecule has 4 heteroatoms. The van der Waals surface area contributed by atoms with E-state index < -0.39 is 0 Å². The minimum absolute atomic E-state index is 0.130. The summed E-state index contributed by atoms with van der Waals surface area (Å²) in [5.74, 6) is 0.836. The van der Waals surface area contributed by atoms with E-state index in [4.69, 9.17) is 0 Å². The zero-order chi connectivity index (χ0) is 14.9. The first-order valence-corrected chi connectivity index (χ1v) is 8.62. The highest BCUT2D eigenvalue weighted by Gasteiger charge is 2.31. The Bertz CT molecular complexity index is 500. The first-order chi connectivity index (χ1) is 9.29. The van der Waals surface area contributed by atoms with Gasteiger partial charge in [-0.3, -0.25) is 4.79 Å². The molecule has 0 bridgehead atoms. The summed E-state index contributed by atoms with van der Waals surface area (Å²) in [5.41, 5.74) is 1.08. The maximum atomic E-state index is 12.6. The van der Waals surface area contributed by atoms with E-state index in [1.807, 2.05) is 23.1 Å². The van der Waals surface area contributed by atoms with Gasteiger partial charge in [-0.2, -0.15) is 0 Å². The largest absolute Gasteiger partial charge is 0.339 e. The van der Waals surface area contributed by atoms with Crippen molar-refractivity contribution in [3.8, 4) is 0 Å². The van der Waals surface area contributed by atoms with Crippen LogP contribution in [0.4, 0.5) is 0 Å². The van der Waals surface area contributed by atoms with Crippen LogP contribution >= 0.6 is 31.9 Å². The van der Waals surface area contributed by atoms with Crippen LogP contribution < -0.4 is 0 Å². The van der Waals surface area contributed by atoms with E-state index in [-0.39, 0.29) is 5.91 Å². The van der Waals surface area contributed by atoms with E-state index in [1.165, 1.54) is 0 Å². The third kappa shape index (κ3) is 3.64. The Balaban J connectivity index is 2.07. The SMILES string of the molecule is CC(C)(C)C1CCN(C(=O)c2cc(Br)ccc2Br)CC1. The summed E-state index contributed by atoms with van der Waals surface area (Å²) in [6, 6.07) is 5.74. The van der Waals surface area contributed by atoms with Crippen molar-refractivity contribution in [3.63, 3.8) is 0 Å². The van der Waals surface area contributed by atoms with Crippen LogP contribution in [0.3, 0.4) is 0 Å². The van der Waals surface area contributed by atoms with Gasteiger partial charge < -0.3 is 4.90 Å². The normalized spacial score (nSPS) is 17.4. The number of nitrogens with zero attached hydrogens (tertiary/aromatic N) is 1. The highest BCUT2D eigenvalue weighted by molar-refractivity contribution is 9.11. The number of amides is 1. The molecule has 110 valence electrons. The molecule has 1 heterocycles. The van der Waals surface area contributed by atoms with E-state index >= 15 is 0 Å². The van der Waals surface area contributed by atoms with Gasteiger partial charge in [0.1, 0.15) is 0 Å².